The van der Waals surface area contributed by atoms with Crippen molar-refractivity contribution in [1.82, 2.24) is 5.32 Å². The molecule has 112 valence electrons. The lowest BCUT2D eigenvalue weighted by Crippen LogP contribution is -2.38. The number of nitrogens with two attached hydrogens (primary N) is 1. The van der Waals surface area contributed by atoms with E-state index in [1.807, 2.05) is 32.0 Å². The van der Waals surface area contributed by atoms with Gasteiger partial charge in [0.05, 0.1) is 6.61 Å². The molecule has 0 saturated heterocycles. The predicted octanol–water partition coefficient (Wildman–Crippen LogP) is 2.00. The lowest BCUT2D eigenvalue weighted by atomic mass is 10.1. The van der Waals surface area contributed by atoms with E-state index in [1.54, 1.807) is 7.11 Å². The maximum Gasteiger partial charge on any atom is 0.258 e. The molecule has 0 saturated carbocycles. The minimum absolute atomic E-state index is 0.0495. The SMILES string of the molecule is COCC(C)NC(=O)COc1cc(Br)ccc1[C@H](C)N. The summed E-state index contributed by atoms with van der Waals surface area (Å²) >= 11 is 3.38. The molecule has 5 nitrogen and oxygen atoms in total. The molecule has 1 amide bonds. The maximum atomic E-state index is 11.7. The molecule has 1 unspecified atom stereocenters. The number of hydrogen-bond donors (Lipinski definition) is 2. The maximum absolute atomic E-state index is 11.7. The van der Waals surface area contributed by atoms with Crippen LogP contribution in [0.5, 0.6) is 5.75 Å². The molecule has 0 aromatic heterocycles. The van der Waals surface area contributed by atoms with E-state index >= 15 is 0 Å². The first-order valence-corrected chi connectivity index (χ1v) is 7.19. The fraction of sp³-hybridized carbons (Fsp3) is 0.500. The molecule has 20 heavy (non-hydrogen) atoms. The van der Waals surface area contributed by atoms with E-state index in [-0.39, 0.29) is 24.6 Å². The molecule has 1 rings (SSSR count). The van der Waals surface area contributed by atoms with Crippen LogP contribution >= 0.6 is 15.9 Å². The van der Waals surface area contributed by atoms with Gasteiger partial charge in [0.25, 0.3) is 5.91 Å². The summed E-state index contributed by atoms with van der Waals surface area (Å²) in [5.41, 5.74) is 6.75. The van der Waals surface area contributed by atoms with Gasteiger partial charge in [-0.15, -0.1) is 0 Å². The third-order valence-electron chi connectivity index (χ3n) is 2.65. The number of halogens is 1. The van der Waals surface area contributed by atoms with Crippen LogP contribution < -0.4 is 15.8 Å². The average Bonchev–Trinajstić information content (AvgIpc) is 2.36. The number of nitrogens with one attached hydrogen (secondary N) is 1. The molecule has 2 atom stereocenters. The van der Waals surface area contributed by atoms with Crippen molar-refractivity contribution in [2.45, 2.75) is 25.9 Å². The Hall–Kier alpha value is -1.11. The first kappa shape index (κ1) is 16.9. The Bertz CT molecular complexity index is 452. The van der Waals surface area contributed by atoms with Crippen molar-refractivity contribution in [2.24, 2.45) is 5.73 Å². The Morgan fingerprint density at radius 2 is 2.15 bits per heavy atom. The van der Waals surface area contributed by atoms with E-state index in [0.717, 1.165) is 10.0 Å². The topological polar surface area (TPSA) is 73.6 Å². The zero-order chi connectivity index (χ0) is 15.1. The van der Waals surface area contributed by atoms with Crippen LogP contribution in [-0.4, -0.2) is 32.3 Å². The minimum atomic E-state index is -0.190. The zero-order valence-corrected chi connectivity index (χ0v) is 13.6. The number of rotatable bonds is 7. The van der Waals surface area contributed by atoms with Crippen molar-refractivity contribution in [2.75, 3.05) is 20.3 Å². The summed E-state index contributed by atoms with van der Waals surface area (Å²) in [5.74, 6) is 0.425. The molecule has 0 radical (unpaired) electrons. The van der Waals surface area contributed by atoms with Crippen molar-refractivity contribution in [3.8, 4) is 5.75 Å². The summed E-state index contributed by atoms with van der Waals surface area (Å²) in [6.07, 6.45) is 0. The summed E-state index contributed by atoms with van der Waals surface area (Å²) in [6.45, 7) is 4.16. The van der Waals surface area contributed by atoms with Crippen LogP contribution in [0.25, 0.3) is 0 Å². The van der Waals surface area contributed by atoms with Crippen LogP contribution in [-0.2, 0) is 9.53 Å². The van der Waals surface area contributed by atoms with Crippen molar-refractivity contribution in [1.29, 1.82) is 0 Å². The molecular weight excluding hydrogens is 324 g/mol. The number of methoxy groups -OCH3 is 1. The molecule has 3 N–H and O–H groups in total. The fourth-order valence-corrected chi connectivity index (χ4v) is 2.10. The number of carbonyl (C=O) groups is 1. The lowest BCUT2D eigenvalue weighted by Gasteiger charge is -2.16. The van der Waals surface area contributed by atoms with Crippen molar-refractivity contribution in [3.05, 3.63) is 28.2 Å². The third kappa shape index (κ3) is 5.48. The van der Waals surface area contributed by atoms with Crippen LogP contribution in [0.2, 0.25) is 0 Å². The van der Waals surface area contributed by atoms with E-state index < -0.39 is 0 Å². The average molecular weight is 345 g/mol. The predicted molar refractivity (Wildman–Crippen MR) is 81.7 cm³/mol. The van der Waals surface area contributed by atoms with E-state index in [4.69, 9.17) is 15.2 Å². The lowest BCUT2D eigenvalue weighted by molar-refractivity contribution is -0.124. The molecule has 0 bridgehead atoms. The first-order chi connectivity index (χ1) is 9.43. The highest BCUT2D eigenvalue weighted by Crippen LogP contribution is 2.27. The Labute approximate surface area is 127 Å². The molecular formula is C14H21BrN2O3. The fourth-order valence-electron chi connectivity index (χ4n) is 1.76. The van der Waals surface area contributed by atoms with Gasteiger partial charge < -0.3 is 20.5 Å². The molecule has 1 aromatic rings. The van der Waals surface area contributed by atoms with Crippen LogP contribution in [0, 0.1) is 0 Å². The van der Waals surface area contributed by atoms with E-state index in [0.29, 0.717) is 12.4 Å². The standard InChI is InChI=1S/C14H21BrN2O3/c1-9(7-19-3)17-14(18)8-20-13-6-11(15)4-5-12(13)10(2)16/h4-6,9-10H,7-8,16H2,1-3H3,(H,17,18)/t9?,10-/m0/s1. The van der Waals surface area contributed by atoms with Gasteiger partial charge in [-0.1, -0.05) is 22.0 Å². The number of ether oxygens (including phenoxy) is 2. The van der Waals surface area contributed by atoms with Crippen molar-refractivity contribution >= 4 is 21.8 Å². The molecule has 0 heterocycles. The molecule has 1 aromatic carbocycles. The third-order valence-corrected chi connectivity index (χ3v) is 3.14. The van der Waals surface area contributed by atoms with Gasteiger partial charge >= 0.3 is 0 Å². The summed E-state index contributed by atoms with van der Waals surface area (Å²) in [6, 6.07) is 5.38. The first-order valence-electron chi connectivity index (χ1n) is 6.40. The second-order valence-electron chi connectivity index (χ2n) is 4.68. The van der Waals surface area contributed by atoms with Crippen LogP contribution in [0.3, 0.4) is 0 Å². The highest BCUT2D eigenvalue weighted by atomic mass is 79.9. The number of amides is 1. The van der Waals surface area contributed by atoms with Gasteiger partial charge in [-0.25, -0.2) is 0 Å². The second kappa shape index (κ2) is 8.24. The van der Waals surface area contributed by atoms with E-state index in [9.17, 15) is 4.79 Å². The van der Waals surface area contributed by atoms with Crippen LogP contribution in [0.1, 0.15) is 25.5 Å². The Kier molecular flexibility index (Phi) is 6.98. The summed E-state index contributed by atoms with van der Waals surface area (Å²) in [5, 5.41) is 2.78. The highest BCUT2D eigenvalue weighted by molar-refractivity contribution is 9.10. The minimum Gasteiger partial charge on any atom is -0.483 e. The molecule has 0 spiro atoms. The summed E-state index contributed by atoms with van der Waals surface area (Å²) in [7, 11) is 1.59. The van der Waals surface area contributed by atoms with Crippen LogP contribution in [0.4, 0.5) is 0 Å². The van der Waals surface area contributed by atoms with Crippen molar-refractivity contribution in [3.63, 3.8) is 0 Å². The van der Waals surface area contributed by atoms with Gasteiger partial charge in [-0.05, 0) is 26.0 Å². The molecule has 0 aliphatic rings. The Morgan fingerprint density at radius 1 is 1.45 bits per heavy atom. The number of hydrogen-bond acceptors (Lipinski definition) is 4. The number of benzene rings is 1. The van der Waals surface area contributed by atoms with Gasteiger partial charge in [0.2, 0.25) is 0 Å². The van der Waals surface area contributed by atoms with Crippen molar-refractivity contribution < 1.29 is 14.3 Å². The smallest absolute Gasteiger partial charge is 0.258 e. The summed E-state index contributed by atoms with van der Waals surface area (Å²) < 4.78 is 11.4. The van der Waals surface area contributed by atoms with Gasteiger partial charge in [0.1, 0.15) is 5.75 Å². The highest BCUT2D eigenvalue weighted by Gasteiger charge is 2.12. The molecule has 0 aliphatic heterocycles. The van der Waals surface area contributed by atoms with Crippen LogP contribution in [0.15, 0.2) is 22.7 Å². The summed E-state index contributed by atoms with van der Waals surface area (Å²) in [4.78, 5) is 11.7. The largest absolute Gasteiger partial charge is 0.483 e. The zero-order valence-electron chi connectivity index (χ0n) is 12.0. The quantitative estimate of drug-likeness (QED) is 0.793. The molecule has 0 aliphatic carbocycles. The molecule has 6 heteroatoms. The second-order valence-corrected chi connectivity index (χ2v) is 5.60. The van der Waals surface area contributed by atoms with E-state index in [1.165, 1.54) is 0 Å². The van der Waals surface area contributed by atoms with E-state index in [2.05, 4.69) is 21.2 Å². The molecule has 0 fully saturated rings. The van der Waals surface area contributed by atoms with Gasteiger partial charge in [0, 0.05) is 29.2 Å². The Morgan fingerprint density at radius 3 is 2.75 bits per heavy atom. The van der Waals surface area contributed by atoms with Gasteiger partial charge in [-0.2, -0.15) is 0 Å². The van der Waals surface area contributed by atoms with Gasteiger partial charge in [-0.3, -0.25) is 4.79 Å². The Balaban J connectivity index is 2.61. The number of carbonyl (C=O) groups excluding carboxylic acids is 1. The van der Waals surface area contributed by atoms with Gasteiger partial charge in [0.15, 0.2) is 6.61 Å². The normalized spacial score (nSPS) is 13.7. The monoisotopic (exact) mass is 344 g/mol.